The molecule has 2 heterocycles. The highest BCUT2D eigenvalue weighted by molar-refractivity contribution is 7.89. The minimum atomic E-state index is -3.61. The molecule has 1 aromatic heterocycles. The van der Waals surface area contributed by atoms with Crippen LogP contribution in [0, 0.1) is 0 Å². The Morgan fingerprint density at radius 2 is 1.93 bits per heavy atom. The van der Waals surface area contributed by atoms with Crippen LogP contribution in [0.4, 0.5) is 5.13 Å². The Hall–Kier alpha value is -2.00. The molecular weight excluding hydrogens is 442 g/mol. The molecule has 0 N–H and O–H groups in total. The van der Waals surface area contributed by atoms with Gasteiger partial charge < -0.3 is 0 Å². The summed E-state index contributed by atoms with van der Waals surface area (Å²) in [5, 5.41) is 1.15. The van der Waals surface area contributed by atoms with Crippen LogP contribution in [0.25, 0.3) is 10.2 Å². The number of aromatic nitrogens is 1. The van der Waals surface area contributed by atoms with Gasteiger partial charge in [0.05, 0.1) is 15.1 Å². The predicted molar refractivity (Wildman–Crippen MR) is 121 cm³/mol. The van der Waals surface area contributed by atoms with Crippen molar-refractivity contribution in [2.45, 2.75) is 31.1 Å². The third kappa shape index (κ3) is 4.09. The van der Waals surface area contributed by atoms with E-state index in [1.54, 1.807) is 35.2 Å². The lowest BCUT2D eigenvalue weighted by Gasteiger charge is -2.26. The van der Waals surface area contributed by atoms with Gasteiger partial charge in [0.15, 0.2) is 5.13 Å². The number of anilines is 1. The highest BCUT2D eigenvalue weighted by Gasteiger charge is 2.27. The summed E-state index contributed by atoms with van der Waals surface area (Å²) in [6.07, 6.45) is 2.77. The lowest BCUT2D eigenvalue weighted by molar-refractivity contribution is 0.0988. The summed E-state index contributed by atoms with van der Waals surface area (Å²) in [6, 6.07) is 11.7. The number of piperidine rings is 1. The number of benzene rings is 2. The number of carbonyl (C=O) groups is 1. The van der Waals surface area contributed by atoms with Gasteiger partial charge in [-0.05, 0) is 56.2 Å². The SMILES string of the molecule is CCN(C(=O)c1cccc(S(=O)(=O)N2CCCCC2)c1)c1nc2cc(Cl)ccc2s1. The Morgan fingerprint density at radius 3 is 2.67 bits per heavy atom. The molecule has 0 bridgehead atoms. The van der Waals surface area contributed by atoms with E-state index < -0.39 is 10.0 Å². The second-order valence-electron chi connectivity index (χ2n) is 7.15. The minimum Gasteiger partial charge on any atom is -0.284 e. The number of rotatable bonds is 5. The van der Waals surface area contributed by atoms with Crippen molar-refractivity contribution in [3.8, 4) is 0 Å². The lowest BCUT2D eigenvalue weighted by atomic mass is 10.2. The Bertz CT molecular complexity index is 1190. The summed E-state index contributed by atoms with van der Waals surface area (Å²) >= 11 is 7.45. The second-order valence-corrected chi connectivity index (χ2v) is 10.5. The standard InChI is InChI=1S/C21H22ClN3O3S2/c1-2-25(21-23-18-14-16(22)9-10-19(18)29-21)20(26)15-7-6-8-17(13-15)30(27,28)24-11-4-3-5-12-24/h6-10,13-14H,2-5,11-12H2,1H3. The molecule has 158 valence electrons. The number of halogens is 1. The molecule has 0 aliphatic carbocycles. The van der Waals surface area contributed by atoms with Crippen molar-refractivity contribution in [2.24, 2.45) is 0 Å². The Morgan fingerprint density at radius 1 is 1.17 bits per heavy atom. The zero-order valence-corrected chi connectivity index (χ0v) is 18.9. The van der Waals surface area contributed by atoms with Crippen LogP contribution >= 0.6 is 22.9 Å². The molecule has 6 nitrogen and oxygen atoms in total. The molecular formula is C21H22ClN3O3S2. The summed E-state index contributed by atoms with van der Waals surface area (Å²) in [5.74, 6) is -0.279. The number of amides is 1. The first-order valence-electron chi connectivity index (χ1n) is 9.88. The zero-order chi connectivity index (χ0) is 21.3. The van der Waals surface area contributed by atoms with E-state index in [0.717, 1.165) is 29.5 Å². The Kier molecular flexibility index (Phi) is 6.11. The third-order valence-electron chi connectivity index (χ3n) is 5.16. The van der Waals surface area contributed by atoms with E-state index in [1.165, 1.54) is 21.7 Å². The number of thiazole rings is 1. The zero-order valence-electron chi connectivity index (χ0n) is 16.5. The molecule has 0 spiro atoms. The highest BCUT2D eigenvalue weighted by atomic mass is 35.5. The van der Waals surface area contributed by atoms with E-state index >= 15 is 0 Å². The summed E-state index contributed by atoms with van der Waals surface area (Å²) < 4.78 is 28.4. The number of hydrogen-bond donors (Lipinski definition) is 0. The van der Waals surface area contributed by atoms with Crippen LogP contribution < -0.4 is 4.90 Å². The second kappa shape index (κ2) is 8.63. The van der Waals surface area contributed by atoms with E-state index in [2.05, 4.69) is 4.98 Å². The number of carbonyl (C=O) groups excluding carboxylic acids is 1. The molecule has 1 aliphatic heterocycles. The van der Waals surface area contributed by atoms with Crippen molar-refractivity contribution in [1.82, 2.24) is 9.29 Å². The molecule has 0 atom stereocenters. The maximum Gasteiger partial charge on any atom is 0.260 e. The van der Waals surface area contributed by atoms with Gasteiger partial charge in [0.1, 0.15) is 0 Å². The molecule has 1 saturated heterocycles. The van der Waals surface area contributed by atoms with Gasteiger partial charge in [-0.2, -0.15) is 4.31 Å². The average molecular weight is 464 g/mol. The third-order valence-corrected chi connectivity index (χ3v) is 8.35. The van der Waals surface area contributed by atoms with E-state index in [4.69, 9.17) is 11.6 Å². The van der Waals surface area contributed by atoms with Gasteiger partial charge in [-0.25, -0.2) is 13.4 Å². The van der Waals surface area contributed by atoms with Gasteiger partial charge >= 0.3 is 0 Å². The maximum absolute atomic E-state index is 13.2. The van der Waals surface area contributed by atoms with Gasteiger partial charge in [-0.3, -0.25) is 9.69 Å². The fraction of sp³-hybridized carbons (Fsp3) is 0.333. The first kappa shape index (κ1) is 21.2. The maximum atomic E-state index is 13.2. The number of nitrogens with zero attached hydrogens (tertiary/aromatic N) is 3. The quantitative estimate of drug-likeness (QED) is 0.545. The van der Waals surface area contributed by atoms with Crippen LogP contribution in [0.3, 0.4) is 0 Å². The topological polar surface area (TPSA) is 70.6 Å². The molecule has 0 saturated carbocycles. The smallest absolute Gasteiger partial charge is 0.260 e. The van der Waals surface area contributed by atoms with E-state index in [9.17, 15) is 13.2 Å². The summed E-state index contributed by atoms with van der Waals surface area (Å²) in [7, 11) is -3.61. The first-order valence-corrected chi connectivity index (χ1v) is 12.5. The van der Waals surface area contributed by atoms with Gasteiger partial charge in [0, 0.05) is 30.2 Å². The summed E-state index contributed by atoms with van der Waals surface area (Å²) in [4.78, 5) is 19.5. The molecule has 0 radical (unpaired) electrons. The predicted octanol–water partition coefficient (Wildman–Crippen LogP) is 4.79. The highest BCUT2D eigenvalue weighted by Crippen LogP contribution is 2.31. The molecule has 4 rings (SSSR count). The molecule has 30 heavy (non-hydrogen) atoms. The van der Waals surface area contributed by atoms with Crippen LogP contribution in [0.15, 0.2) is 47.4 Å². The van der Waals surface area contributed by atoms with Crippen LogP contribution in [0.5, 0.6) is 0 Å². The Labute approximate surface area is 185 Å². The molecule has 9 heteroatoms. The number of fused-ring (bicyclic) bond motifs is 1. The van der Waals surface area contributed by atoms with E-state index in [1.807, 2.05) is 13.0 Å². The molecule has 2 aromatic carbocycles. The monoisotopic (exact) mass is 463 g/mol. The van der Waals surface area contributed by atoms with Gasteiger partial charge in [0.25, 0.3) is 5.91 Å². The lowest BCUT2D eigenvalue weighted by Crippen LogP contribution is -2.36. The molecule has 0 unspecified atom stereocenters. The fourth-order valence-electron chi connectivity index (χ4n) is 3.57. The molecule has 1 aliphatic rings. The van der Waals surface area contributed by atoms with Crippen LogP contribution in [-0.4, -0.2) is 43.2 Å². The summed E-state index contributed by atoms with van der Waals surface area (Å²) in [5.41, 5.74) is 1.06. The minimum absolute atomic E-state index is 0.155. The van der Waals surface area contributed by atoms with Crippen LogP contribution in [0.2, 0.25) is 5.02 Å². The van der Waals surface area contributed by atoms with Gasteiger partial charge in [0.2, 0.25) is 10.0 Å². The number of sulfonamides is 1. The average Bonchev–Trinajstić information content (AvgIpc) is 3.17. The van der Waals surface area contributed by atoms with E-state index in [-0.39, 0.29) is 10.8 Å². The fourth-order valence-corrected chi connectivity index (χ4v) is 6.31. The van der Waals surface area contributed by atoms with Gasteiger partial charge in [-0.1, -0.05) is 35.4 Å². The molecule has 1 amide bonds. The van der Waals surface area contributed by atoms with Gasteiger partial charge in [-0.15, -0.1) is 0 Å². The van der Waals surface area contributed by atoms with Crippen LogP contribution in [0.1, 0.15) is 36.5 Å². The van der Waals surface area contributed by atoms with Crippen molar-refractivity contribution >= 4 is 54.2 Å². The van der Waals surface area contributed by atoms with Crippen LogP contribution in [-0.2, 0) is 10.0 Å². The largest absolute Gasteiger partial charge is 0.284 e. The van der Waals surface area contributed by atoms with Crippen molar-refractivity contribution in [3.05, 3.63) is 53.1 Å². The van der Waals surface area contributed by atoms with Crippen molar-refractivity contribution in [1.29, 1.82) is 0 Å². The van der Waals surface area contributed by atoms with Crippen molar-refractivity contribution < 1.29 is 13.2 Å². The van der Waals surface area contributed by atoms with Crippen molar-refractivity contribution in [2.75, 3.05) is 24.5 Å². The first-order chi connectivity index (χ1) is 14.4. The van der Waals surface area contributed by atoms with E-state index in [0.29, 0.717) is 35.4 Å². The molecule has 3 aromatic rings. The van der Waals surface area contributed by atoms with Crippen molar-refractivity contribution in [3.63, 3.8) is 0 Å². The summed E-state index contributed by atoms with van der Waals surface area (Å²) in [6.45, 7) is 3.33. The Balaban J connectivity index is 1.65. The molecule has 1 fully saturated rings. The normalized spacial score (nSPS) is 15.4. The number of hydrogen-bond acceptors (Lipinski definition) is 5.